The number of aryl methyl sites for hydroxylation is 1. The van der Waals surface area contributed by atoms with E-state index in [-0.39, 0.29) is 32.7 Å². The van der Waals surface area contributed by atoms with Crippen LogP contribution < -0.4 is 0 Å². The number of para-hydroxylation sites is 2. The summed E-state index contributed by atoms with van der Waals surface area (Å²) in [7, 11) is 0. The average Bonchev–Trinajstić information content (AvgIpc) is 3.55. The second-order valence-electron chi connectivity index (χ2n) is 12.4. The van der Waals surface area contributed by atoms with Crippen LogP contribution in [0.1, 0.15) is 29.5 Å². The summed E-state index contributed by atoms with van der Waals surface area (Å²) in [5.74, 6) is 1.01. The number of hydrogen-bond acceptors (Lipinski definition) is 3. The Morgan fingerprint density at radius 1 is 0.640 bits per heavy atom. The molecule has 0 fully saturated rings. The summed E-state index contributed by atoms with van der Waals surface area (Å²) in [6.45, 7) is 4.25. The first kappa shape index (κ1) is 33.0. The quantitative estimate of drug-likeness (QED) is 0.163. The first-order valence-electron chi connectivity index (χ1n) is 16.6. The van der Waals surface area contributed by atoms with Crippen LogP contribution in [0.4, 0.5) is 0 Å². The maximum absolute atomic E-state index is 11.5. The van der Waals surface area contributed by atoms with Crippen molar-refractivity contribution in [2.75, 3.05) is 0 Å². The van der Waals surface area contributed by atoms with Gasteiger partial charge in [0.1, 0.15) is 11.6 Å². The minimum atomic E-state index is 0. The standard InChI is InChI=1S/C45H34N3O.Pt/c1-30-29-46-41(28-40(30)33-16-8-4-9-17-33)36-19-12-18-35(26-36)38-22-13-23-42-44(38)47-45(48(42)37-20-10-5-11-21-37)39-25-24-34(27-43(39)49)31(2)32-14-6-3-7-15-32;/h3-25,27-29,31,49H,1-2H3;/q-1;. The number of aromatic nitrogens is 3. The molecule has 0 amide bonds. The van der Waals surface area contributed by atoms with Crippen molar-refractivity contribution in [3.05, 3.63) is 181 Å². The fourth-order valence-electron chi connectivity index (χ4n) is 6.65. The third-order valence-corrected chi connectivity index (χ3v) is 9.31. The molecule has 0 aliphatic carbocycles. The number of phenolic OH excluding ortho intramolecular Hbond substituents is 1. The van der Waals surface area contributed by atoms with Gasteiger partial charge < -0.3 is 5.11 Å². The number of imidazole rings is 1. The van der Waals surface area contributed by atoms with Crippen LogP contribution in [0, 0.1) is 13.0 Å². The molecule has 2 aromatic heterocycles. The van der Waals surface area contributed by atoms with Crippen LogP contribution in [0.2, 0.25) is 0 Å². The Kier molecular flexibility index (Phi) is 9.30. The van der Waals surface area contributed by atoms with E-state index in [9.17, 15) is 5.11 Å². The predicted molar refractivity (Wildman–Crippen MR) is 200 cm³/mol. The SMILES string of the molecule is Cc1cnc(-c2[c-]c(-c3cccc4c3nc(-c3ccc(C(C)c5ccccc5)cc3O)n4-c3ccccc3)ccc2)cc1-c1ccccc1.[Pt]. The number of benzene rings is 6. The summed E-state index contributed by atoms with van der Waals surface area (Å²) in [6.07, 6.45) is 1.94. The van der Waals surface area contributed by atoms with Gasteiger partial charge in [0.2, 0.25) is 0 Å². The van der Waals surface area contributed by atoms with Gasteiger partial charge in [0.25, 0.3) is 0 Å². The van der Waals surface area contributed by atoms with Gasteiger partial charge in [-0.05, 0) is 65.1 Å². The minimum Gasteiger partial charge on any atom is -0.507 e. The van der Waals surface area contributed by atoms with Crippen LogP contribution in [-0.2, 0) is 21.1 Å². The summed E-state index contributed by atoms with van der Waals surface area (Å²) in [5, 5.41) is 11.5. The molecule has 2 heterocycles. The van der Waals surface area contributed by atoms with E-state index in [0.717, 1.165) is 61.4 Å². The van der Waals surface area contributed by atoms with E-state index in [2.05, 4.69) is 122 Å². The number of pyridine rings is 1. The monoisotopic (exact) mass is 827 g/mol. The molecule has 0 bridgehead atoms. The molecule has 6 aromatic carbocycles. The number of phenols is 1. The normalized spacial score (nSPS) is 11.6. The molecule has 1 N–H and O–H groups in total. The Labute approximate surface area is 307 Å². The second kappa shape index (κ2) is 14.1. The largest absolute Gasteiger partial charge is 0.507 e. The van der Waals surface area contributed by atoms with E-state index in [0.29, 0.717) is 11.4 Å². The molecule has 4 nitrogen and oxygen atoms in total. The van der Waals surface area contributed by atoms with Gasteiger partial charge in [-0.2, -0.15) is 0 Å². The maximum Gasteiger partial charge on any atom is 0.148 e. The molecular weight excluding hydrogens is 794 g/mol. The number of fused-ring (bicyclic) bond motifs is 1. The van der Waals surface area contributed by atoms with E-state index >= 15 is 0 Å². The fourth-order valence-corrected chi connectivity index (χ4v) is 6.65. The minimum absolute atomic E-state index is 0. The summed E-state index contributed by atoms with van der Waals surface area (Å²) in [5.41, 5.74) is 12.8. The third kappa shape index (κ3) is 6.19. The van der Waals surface area contributed by atoms with Crippen molar-refractivity contribution in [2.45, 2.75) is 19.8 Å². The van der Waals surface area contributed by atoms with Crippen LogP contribution >= 0.6 is 0 Å². The van der Waals surface area contributed by atoms with Crippen molar-refractivity contribution in [1.82, 2.24) is 14.5 Å². The second-order valence-corrected chi connectivity index (χ2v) is 12.4. The van der Waals surface area contributed by atoms with Crippen molar-refractivity contribution in [2.24, 2.45) is 0 Å². The maximum atomic E-state index is 11.5. The molecule has 5 heteroatoms. The van der Waals surface area contributed by atoms with Crippen molar-refractivity contribution in [1.29, 1.82) is 0 Å². The van der Waals surface area contributed by atoms with Gasteiger partial charge >= 0.3 is 0 Å². The molecule has 0 saturated heterocycles. The van der Waals surface area contributed by atoms with Crippen LogP contribution in [-0.4, -0.2) is 19.6 Å². The van der Waals surface area contributed by atoms with E-state index in [4.69, 9.17) is 9.97 Å². The molecule has 8 rings (SSSR count). The molecule has 8 aromatic rings. The van der Waals surface area contributed by atoms with Gasteiger partial charge in [0, 0.05) is 44.6 Å². The third-order valence-electron chi connectivity index (χ3n) is 9.31. The number of hydrogen-bond donors (Lipinski definition) is 1. The summed E-state index contributed by atoms with van der Waals surface area (Å²) in [6, 6.07) is 55.1. The Balaban J connectivity index is 0.00000392. The van der Waals surface area contributed by atoms with Crippen molar-refractivity contribution in [3.8, 4) is 56.3 Å². The molecule has 0 radical (unpaired) electrons. The number of rotatable bonds is 7. The van der Waals surface area contributed by atoms with E-state index < -0.39 is 0 Å². The smallest absolute Gasteiger partial charge is 0.148 e. The Hall–Kier alpha value is -5.57. The molecular formula is C45H34N3OPt-. The summed E-state index contributed by atoms with van der Waals surface area (Å²) < 4.78 is 2.13. The van der Waals surface area contributed by atoms with Crippen molar-refractivity contribution < 1.29 is 26.2 Å². The molecule has 50 heavy (non-hydrogen) atoms. The predicted octanol–water partition coefficient (Wildman–Crippen LogP) is 11.1. The van der Waals surface area contributed by atoms with Crippen LogP contribution in [0.25, 0.3) is 61.6 Å². The molecule has 1 atom stereocenters. The Morgan fingerprint density at radius 3 is 2.06 bits per heavy atom. The van der Waals surface area contributed by atoms with Crippen LogP contribution in [0.3, 0.4) is 0 Å². The summed E-state index contributed by atoms with van der Waals surface area (Å²) >= 11 is 0. The zero-order chi connectivity index (χ0) is 33.3. The van der Waals surface area contributed by atoms with Gasteiger partial charge in [-0.25, -0.2) is 4.98 Å². The molecule has 246 valence electrons. The first-order valence-corrected chi connectivity index (χ1v) is 16.6. The van der Waals surface area contributed by atoms with Crippen molar-refractivity contribution >= 4 is 11.0 Å². The van der Waals surface area contributed by atoms with E-state index in [1.165, 1.54) is 5.56 Å². The van der Waals surface area contributed by atoms with Gasteiger partial charge in [-0.15, -0.1) is 29.8 Å². The van der Waals surface area contributed by atoms with Gasteiger partial charge in [0.15, 0.2) is 0 Å². The van der Waals surface area contributed by atoms with Crippen LogP contribution in [0.15, 0.2) is 158 Å². The van der Waals surface area contributed by atoms with E-state index in [1.54, 1.807) is 0 Å². The topological polar surface area (TPSA) is 50.9 Å². The number of aromatic hydroxyl groups is 1. The first-order chi connectivity index (χ1) is 24.0. The average molecular weight is 828 g/mol. The zero-order valence-corrected chi connectivity index (χ0v) is 30.0. The molecule has 0 spiro atoms. The molecule has 1 unspecified atom stereocenters. The molecule has 0 aliphatic heterocycles. The van der Waals surface area contributed by atoms with Crippen LogP contribution in [0.5, 0.6) is 5.75 Å². The molecule has 0 aliphatic rings. The Morgan fingerprint density at radius 2 is 1.32 bits per heavy atom. The van der Waals surface area contributed by atoms with Gasteiger partial charge in [0.05, 0.1) is 16.6 Å². The zero-order valence-electron chi connectivity index (χ0n) is 27.7. The molecule has 0 saturated carbocycles. The Bertz CT molecular complexity index is 2420. The van der Waals surface area contributed by atoms with Gasteiger partial charge in [-0.3, -0.25) is 9.55 Å². The van der Waals surface area contributed by atoms with E-state index in [1.807, 2.05) is 60.8 Å². The fraction of sp³-hybridized carbons (Fsp3) is 0.0667. The number of nitrogens with zero attached hydrogens (tertiary/aromatic N) is 3. The van der Waals surface area contributed by atoms with Crippen molar-refractivity contribution in [3.63, 3.8) is 0 Å². The summed E-state index contributed by atoms with van der Waals surface area (Å²) in [4.78, 5) is 10.1. The van der Waals surface area contributed by atoms with Gasteiger partial charge in [-0.1, -0.05) is 121 Å².